The normalized spacial score (nSPS) is 21.7. The molecule has 6 rings (SSSR count). The van der Waals surface area contributed by atoms with Crippen LogP contribution in [0.1, 0.15) is 69.8 Å². The fourth-order valence-corrected chi connectivity index (χ4v) is 6.18. The van der Waals surface area contributed by atoms with Gasteiger partial charge in [-0.05, 0) is 83.0 Å². The van der Waals surface area contributed by atoms with E-state index in [9.17, 15) is 0 Å². The minimum atomic E-state index is 0.443. The van der Waals surface area contributed by atoms with Crippen molar-refractivity contribution in [1.29, 1.82) is 0 Å². The number of hydrogen-bond donors (Lipinski definition) is 1. The Morgan fingerprint density at radius 1 is 0.919 bits per heavy atom. The highest BCUT2D eigenvalue weighted by molar-refractivity contribution is 5.93. The summed E-state index contributed by atoms with van der Waals surface area (Å²) in [5.74, 6) is 9.40. The number of nitrogens with zero attached hydrogens (tertiary/aromatic N) is 5. The maximum atomic E-state index is 5.81. The molecule has 37 heavy (non-hydrogen) atoms. The average Bonchev–Trinajstić information content (AvgIpc) is 3.66. The summed E-state index contributed by atoms with van der Waals surface area (Å²) in [6, 6.07) is 5.51. The van der Waals surface area contributed by atoms with Crippen molar-refractivity contribution in [3.63, 3.8) is 0 Å². The van der Waals surface area contributed by atoms with Crippen molar-refractivity contribution >= 4 is 22.7 Å². The van der Waals surface area contributed by atoms with Gasteiger partial charge in [-0.3, -0.25) is 0 Å². The van der Waals surface area contributed by atoms with E-state index in [1.807, 2.05) is 0 Å². The number of fused-ring (bicyclic) bond motifs is 1. The summed E-state index contributed by atoms with van der Waals surface area (Å²) in [7, 11) is 1.74. The van der Waals surface area contributed by atoms with Crippen molar-refractivity contribution in [2.24, 2.45) is 0 Å². The molecular formula is C30H42N6O. The van der Waals surface area contributed by atoms with Gasteiger partial charge in [0.25, 0.3) is 0 Å². The van der Waals surface area contributed by atoms with Gasteiger partial charge in [-0.15, -0.1) is 0 Å². The van der Waals surface area contributed by atoms with Gasteiger partial charge >= 0.3 is 0 Å². The van der Waals surface area contributed by atoms with Gasteiger partial charge in [0.15, 0.2) is 0 Å². The lowest BCUT2D eigenvalue weighted by atomic mass is 10.0. The lowest BCUT2D eigenvalue weighted by molar-refractivity contribution is 0.210. The van der Waals surface area contributed by atoms with Gasteiger partial charge in [-0.25, -0.2) is 4.98 Å². The van der Waals surface area contributed by atoms with Crippen molar-refractivity contribution < 1.29 is 4.74 Å². The third-order valence-electron chi connectivity index (χ3n) is 8.55. The zero-order valence-corrected chi connectivity index (χ0v) is 22.5. The molecule has 1 N–H and O–H groups in total. The van der Waals surface area contributed by atoms with Crippen LogP contribution < -0.4 is 15.0 Å². The smallest absolute Gasteiger partial charge is 0.227 e. The molecule has 4 heterocycles. The van der Waals surface area contributed by atoms with Gasteiger partial charge < -0.3 is 24.8 Å². The molecule has 1 saturated carbocycles. The number of hydrogen-bond acceptors (Lipinski definition) is 7. The maximum Gasteiger partial charge on any atom is 0.227 e. The number of ether oxygens (including phenoxy) is 1. The molecule has 3 saturated heterocycles. The molecule has 0 radical (unpaired) electrons. The number of nitrogens with one attached hydrogen (secondary N) is 1. The van der Waals surface area contributed by atoms with E-state index in [1.165, 1.54) is 84.0 Å². The highest BCUT2D eigenvalue weighted by Gasteiger charge is 2.32. The van der Waals surface area contributed by atoms with E-state index in [0.29, 0.717) is 6.04 Å². The average molecular weight is 503 g/mol. The predicted molar refractivity (Wildman–Crippen MR) is 151 cm³/mol. The first kappa shape index (κ1) is 24.8. The van der Waals surface area contributed by atoms with Crippen molar-refractivity contribution in [2.75, 3.05) is 63.1 Å². The number of piperidine rings is 2. The highest BCUT2D eigenvalue weighted by Crippen LogP contribution is 2.33. The molecule has 0 amide bonds. The van der Waals surface area contributed by atoms with Crippen LogP contribution in [0.2, 0.25) is 0 Å². The van der Waals surface area contributed by atoms with Crippen LogP contribution in [-0.4, -0.2) is 84.8 Å². The minimum Gasteiger partial charge on any atom is -0.495 e. The van der Waals surface area contributed by atoms with E-state index >= 15 is 0 Å². The number of aromatic nitrogens is 2. The fourth-order valence-electron chi connectivity index (χ4n) is 6.18. The summed E-state index contributed by atoms with van der Waals surface area (Å²) < 4.78 is 5.81. The summed E-state index contributed by atoms with van der Waals surface area (Å²) >= 11 is 0. The zero-order chi connectivity index (χ0) is 25.0. The Bertz CT molecular complexity index is 1130. The fraction of sp³-hybridized carbons (Fsp3) is 0.667. The van der Waals surface area contributed by atoms with Gasteiger partial charge in [0.2, 0.25) is 5.95 Å². The molecule has 7 heteroatoms. The van der Waals surface area contributed by atoms with E-state index in [2.05, 4.69) is 44.0 Å². The molecule has 2 aromatic rings. The summed E-state index contributed by atoms with van der Waals surface area (Å²) in [4.78, 5) is 17.7. The van der Waals surface area contributed by atoms with Crippen molar-refractivity contribution in [3.8, 4) is 17.6 Å². The molecule has 1 aromatic carbocycles. The van der Waals surface area contributed by atoms with Crippen molar-refractivity contribution in [1.82, 2.24) is 19.8 Å². The second-order valence-electron chi connectivity index (χ2n) is 11.3. The molecule has 0 spiro atoms. The Morgan fingerprint density at radius 3 is 2.41 bits per heavy atom. The molecule has 0 atom stereocenters. The predicted octanol–water partition coefficient (Wildman–Crippen LogP) is 4.50. The number of methoxy groups -OCH3 is 1. The summed E-state index contributed by atoms with van der Waals surface area (Å²) in [5, 5.41) is 4.87. The largest absolute Gasteiger partial charge is 0.495 e. The molecular weight excluding hydrogens is 460 g/mol. The zero-order valence-electron chi connectivity index (χ0n) is 22.5. The van der Waals surface area contributed by atoms with Crippen LogP contribution in [0.3, 0.4) is 0 Å². The number of anilines is 2. The van der Waals surface area contributed by atoms with E-state index in [-0.39, 0.29) is 0 Å². The second-order valence-corrected chi connectivity index (χ2v) is 11.3. The van der Waals surface area contributed by atoms with E-state index in [4.69, 9.17) is 14.7 Å². The Labute approximate surface area is 221 Å². The number of likely N-dealkylation sites (tertiary alicyclic amines) is 2. The standard InChI is InChI=1S/C30H42N6O/c1-37-28-22-26-27(21-23(28)9-3-6-14-34-15-7-8-16-34)32-30(36-17-4-2-5-18-36)33-29(26)31-24-12-19-35(20-13-24)25-10-11-25/h21-22,24-25H,2,4-8,10-20H2,1H3,(H,31,32,33). The van der Waals surface area contributed by atoms with Crippen molar-refractivity contribution in [2.45, 2.75) is 76.3 Å². The van der Waals surface area contributed by atoms with Gasteiger partial charge in [0.05, 0.1) is 18.2 Å². The van der Waals surface area contributed by atoms with Gasteiger partial charge in [-0.2, -0.15) is 4.98 Å². The molecule has 1 aliphatic carbocycles. The van der Waals surface area contributed by atoms with Crippen LogP contribution in [0, 0.1) is 11.8 Å². The summed E-state index contributed by atoms with van der Waals surface area (Å²) in [6.45, 7) is 7.92. The third-order valence-corrected chi connectivity index (χ3v) is 8.55. The molecule has 198 valence electrons. The first-order valence-electron chi connectivity index (χ1n) is 14.6. The Hall–Kier alpha value is -2.56. The maximum absolute atomic E-state index is 5.81. The lowest BCUT2D eigenvalue weighted by Crippen LogP contribution is -2.40. The van der Waals surface area contributed by atoms with Gasteiger partial charge in [0, 0.05) is 56.6 Å². The number of benzene rings is 1. The third kappa shape index (κ3) is 5.97. The van der Waals surface area contributed by atoms with E-state index in [1.54, 1.807) is 7.11 Å². The Kier molecular flexibility index (Phi) is 7.66. The SMILES string of the molecule is COc1cc2c(NC3CCN(C4CC4)CC3)nc(N3CCCCC3)nc2cc1C#CCCN1CCCC1. The van der Waals surface area contributed by atoms with Crippen LogP contribution in [0.15, 0.2) is 12.1 Å². The summed E-state index contributed by atoms with van der Waals surface area (Å²) in [6.07, 6.45) is 12.3. The Balaban J connectivity index is 1.27. The first-order valence-corrected chi connectivity index (χ1v) is 14.6. The quantitative estimate of drug-likeness (QED) is 0.559. The molecule has 0 bridgehead atoms. The molecule has 7 nitrogen and oxygen atoms in total. The van der Waals surface area contributed by atoms with Gasteiger partial charge in [-0.1, -0.05) is 11.8 Å². The lowest BCUT2D eigenvalue weighted by Gasteiger charge is -2.33. The van der Waals surface area contributed by atoms with Gasteiger partial charge in [0.1, 0.15) is 11.6 Å². The summed E-state index contributed by atoms with van der Waals surface area (Å²) in [5.41, 5.74) is 1.88. The second kappa shape index (κ2) is 11.4. The highest BCUT2D eigenvalue weighted by atomic mass is 16.5. The molecule has 1 aromatic heterocycles. The molecule has 4 fully saturated rings. The van der Waals surface area contributed by atoms with Crippen LogP contribution in [0.25, 0.3) is 10.9 Å². The monoisotopic (exact) mass is 502 g/mol. The van der Waals surface area contributed by atoms with Crippen LogP contribution in [0.5, 0.6) is 5.75 Å². The van der Waals surface area contributed by atoms with Crippen LogP contribution in [0.4, 0.5) is 11.8 Å². The molecule has 4 aliphatic rings. The minimum absolute atomic E-state index is 0.443. The van der Waals surface area contributed by atoms with Crippen molar-refractivity contribution in [3.05, 3.63) is 17.7 Å². The molecule has 0 unspecified atom stereocenters. The molecule has 3 aliphatic heterocycles. The van der Waals surface area contributed by atoms with E-state index < -0.39 is 0 Å². The van der Waals surface area contributed by atoms with E-state index in [0.717, 1.165) is 66.1 Å². The van der Waals surface area contributed by atoms with Crippen LogP contribution in [-0.2, 0) is 0 Å². The number of rotatable bonds is 7. The first-order chi connectivity index (χ1) is 18.3. The Morgan fingerprint density at radius 2 is 1.68 bits per heavy atom. The topological polar surface area (TPSA) is 56.8 Å². The van der Waals surface area contributed by atoms with Crippen LogP contribution >= 0.6 is 0 Å².